The second-order valence-corrected chi connectivity index (χ2v) is 6.58. The van der Waals surface area contributed by atoms with Gasteiger partial charge in [-0.15, -0.1) is 0 Å². The lowest BCUT2D eigenvalue weighted by Crippen LogP contribution is -2.51. The summed E-state index contributed by atoms with van der Waals surface area (Å²) in [5.74, 6) is -2.41. The molecular formula is C21H22FN3O3. The fraction of sp³-hybridized carbons (Fsp3) is 0.286. The molecule has 1 heterocycles. The third-order valence-electron chi connectivity index (χ3n) is 4.72. The molecule has 0 bridgehead atoms. The first kappa shape index (κ1) is 19.5. The summed E-state index contributed by atoms with van der Waals surface area (Å²) < 4.78 is 13.6. The van der Waals surface area contributed by atoms with Crippen molar-refractivity contribution in [3.05, 3.63) is 66.0 Å². The number of nitrogens with one attached hydrogen (secondary N) is 1. The molecule has 2 aromatic carbocycles. The molecule has 1 aliphatic heterocycles. The summed E-state index contributed by atoms with van der Waals surface area (Å²) in [4.78, 5) is 40.0. The normalized spacial score (nSPS) is 13.9. The van der Waals surface area contributed by atoms with Gasteiger partial charge in [-0.2, -0.15) is 0 Å². The van der Waals surface area contributed by atoms with E-state index in [0.717, 1.165) is 5.69 Å². The SMILES string of the molecule is O=C(Cc1ccccc1F)C(=O)NCC(=O)N1CCN(c2ccccc2)CC1. The van der Waals surface area contributed by atoms with Crippen LogP contribution in [0.5, 0.6) is 0 Å². The average Bonchev–Trinajstić information content (AvgIpc) is 2.74. The van der Waals surface area contributed by atoms with Crippen LogP contribution in [-0.4, -0.2) is 55.2 Å². The minimum Gasteiger partial charge on any atom is -0.368 e. The van der Waals surface area contributed by atoms with E-state index in [1.807, 2.05) is 30.3 Å². The lowest BCUT2D eigenvalue weighted by molar-refractivity contribution is -0.139. The third-order valence-corrected chi connectivity index (χ3v) is 4.72. The fourth-order valence-corrected chi connectivity index (χ4v) is 3.11. The van der Waals surface area contributed by atoms with Crippen LogP contribution in [0.3, 0.4) is 0 Å². The molecule has 1 fully saturated rings. The maximum Gasteiger partial charge on any atom is 0.288 e. The number of amides is 2. The van der Waals surface area contributed by atoms with Crippen LogP contribution in [0.15, 0.2) is 54.6 Å². The van der Waals surface area contributed by atoms with Gasteiger partial charge in [0.15, 0.2) is 0 Å². The van der Waals surface area contributed by atoms with Gasteiger partial charge in [-0.05, 0) is 23.8 Å². The van der Waals surface area contributed by atoms with Crippen molar-refractivity contribution < 1.29 is 18.8 Å². The van der Waals surface area contributed by atoms with Crippen LogP contribution in [0.4, 0.5) is 10.1 Å². The topological polar surface area (TPSA) is 69.7 Å². The molecule has 1 aliphatic rings. The zero-order valence-corrected chi connectivity index (χ0v) is 15.4. The number of rotatable bonds is 6. The van der Waals surface area contributed by atoms with Crippen LogP contribution in [-0.2, 0) is 20.8 Å². The van der Waals surface area contributed by atoms with Crippen molar-refractivity contribution in [2.45, 2.75) is 6.42 Å². The standard InChI is InChI=1S/C21H22FN3O3/c22-18-9-5-4-6-16(18)14-19(26)21(28)23-15-20(27)25-12-10-24(11-13-25)17-7-2-1-3-8-17/h1-9H,10-15H2,(H,23,28). The Morgan fingerprint density at radius 1 is 0.893 bits per heavy atom. The van der Waals surface area contributed by atoms with Gasteiger partial charge in [-0.3, -0.25) is 14.4 Å². The number of halogens is 1. The van der Waals surface area contributed by atoms with Crippen molar-refractivity contribution in [2.75, 3.05) is 37.6 Å². The Kier molecular flexibility index (Phi) is 6.37. The van der Waals surface area contributed by atoms with Crippen LogP contribution in [0.25, 0.3) is 0 Å². The van der Waals surface area contributed by atoms with Gasteiger partial charge in [0.05, 0.1) is 6.54 Å². The van der Waals surface area contributed by atoms with Gasteiger partial charge < -0.3 is 15.1 Å². The molecular weight excluding hydrogens is 361 g/mol. The van der Waals surface area contributed by atoms with E-state index < -0.39 is 17.5 Å². The summed E-state index contributed by atoms with van der Waals surface area (Å²) in [5, 5.41) is 2.35. The summed E-state index contributed by atoms with van der Waals surface area (Å²) in [6.07, 6.45) is -0.331. The molecule has 0 aliphatic carbocycles. The molecule has 28 heavy (non-hydrogen) atoms. The maximum atomic E-state index is 13.6. The van der Waals surface area contributed by atoms with Gasteiger partial charge in [0, 0.05) is 38.3 Å². The lowest BCUT2D eigenvalue weighted by Gasteiger charge is -2.36. The van der Waals surface area contributed by atoms with E-state index in [1.54, 1.807) is 11.0 Å². The highest BCUT2D eigenvalue weighted by Crippen LogP contribution is 2.15. The molecule has 0 spiro atoms. The fourth-order valence-electron chi connectivity index (χ4n) is 3.11. The molecule has 0 radical (unpaired) electrons. The first-order chi connectivity index (χ1) is 13.5. The van der Waals surface area contributed by atoms with E-state index in [9.17, 15) is 18.8 Å². The minimum atomic E-state index is -0.875. The number of Topliss-reactive ketones (excluding diaryl/α,β-unsaturated/α-hetero) is 1. The third kappa shape index (κ3) is 4.94. The van der Waals surface area contributed by atoms with Crippen LogP contribution >= 0.6 is 0 Å². The van der Waals surface area contributed by atoms with Gasteiger partial charge in [0.1, 0.15) is 5.82 Å². The Balaban J connectivity index is 1.43. The first-order valence-corrected chi connectivity index (χ1v) is 9.17. The Morgan fingerprint density at radius 3 is 2.21 bits per heavy atom. The van der Waals surface area contributed by atoms with Gasteiger partial charge in [0.25, 0.3) is 5.91 Å². The van der Waals surface area contributed by atoms with Gasteiger partial charge in [-0.25, -0.2) is 4.39 Å². The van der Waals surface area contributed by atoms with E-state index in [-0.39, 0.29) is 24.4 Å². The Labute approximate surface area is 162 Å². The van der Waals surface area contributed by atoms with Crippen molar-refractivity contribution in [3.63, 3.8) is 0 Å². The van der Waals surface area contributed by atoms with E-state index in [0.29, 0.717) is 26.2 Å². The summed E-state index contributed by atoms with van der Waals surface area (Å²) >= 11 is 0. The van der Waals surface area contributed by atoms with E-state index in [2.05, 4.69) is 10.2 Å². The Bertz CT molecular complexity index is 849. The number of anilines is 1. The van der Waals surface area contributed by atoms with Crippen LogP contribution < -0.4 is 10.2 Å². The van der Waals surface area contributed by atoms with Gasteiger partial charge >= 0.3 is 0 Å². The molecule has 0 saturated carbocycles. The van der Waals surface area contributed by atoms with E-state index >= 15 is 0 Å². The predicted molar refractivity (Wildman–Crippen MR) is 103 cm³/mol. The summed E-state index contributed by atoms with van der Waals surface area (Å²) in [6, 6.07) is 15.8. The zero-order chi connectivity index (χ0) is 19.9. The van der Waals surface area contributed by atoms with Crippen molar-refractivity contribution in [1.82, 2.24) is 10.2 Å². The van der Waals surface area contributed by atoms with E-state index in [1.165, 1.54) is 18.2 Å². The zero-order valence-electron chi connectivity index (χ0n) is 15.4. The van der Waals surface area contributed by atoms with Crippen molar-refractivity contribution >= 4 is 23.3 Å². The molecule has 0 unspecified atom stereocenters. The number of benzene rings is 2. The number of carbonyl (C=O) groups is 3. The number of para-hydroxylation sites is 1. The van der Waals surface area contributed by atoms with Crippen molar-refractivity contribution in [2.24, 2.45) is 0 Å². The highest BCUT2D eigenvalue weighted by Gasteiger charge is 2.23. The molecule has 7 heteroatoms. The predicted octanol–water partition coefficient (Wildman–Crippen LogP) is 1.40. The summed E-state index contributed by atoms with van der Waals surface area (Å²) in [6.45, 7) is 2.26. The first-order valence-electron chi connectivity index (χ1n) is 9.17. The van der Waals surface area contributed by atoms with Crippen LogP contribution in [0.2, 0.25) is 0 Å². The summed E-state index contributed by atoms with van der Waals surface area (Å²) in [5.41, 5.74) is 1.27. The second-order valence-electron chi connectivity index (χ2n) is 6.58. The molecule has 3 rings (SSSR count). The largest absolute Gasteiger partial charge is 0.368 e. The molecule has 0 atom stereocenters. The monoisotopic (exact) mass is 383 g/mol. The van der Waals surface area contributed by atoms with E-state index in [4.69, 9.17) is 0 Å². The highest BCUT2D eigenvalue weighted by atomic mass is 19.1. The Hall–Kier alpha value is -3.22. The molecule has 0 aromatic heterocycles. The van der Waals surface area contributed by atoms with Gasteiger partial charge in [0.2, 0.25) is 11.7 Å². The molecule has 146 valence electrons. The van der Waals surface area contributed by atoms with Crippen LogP contribution in [0.1, 0.15) is 5.56 Å². The number of piperazine rings is 1. The van der Waals surface area contributed by atoms with Crippen molar-refractivity contribution in [3.8, 4) is 0 Å². The highest BCUT2D eigenvalue weighted by molar-refractivity contribution is 6.36. The minimum absolute atomic E-state index is 0.158. The lowest BCUT2D eigenvalue weighted by atomic mass is 10.1. The molecule has 2 amide bonds. The smallest absolute Gasteiger partial charge is 0.288 e. The summed E-state index contributed by atoms with van der Waals surface area (Å²) in [7, 11) is 0. The second kappa shape index (κ2) is 9.12. The average molecular weight is 383 g/mol. The van der Waals surface area contributed by atoms with Crippen LogP contribution in [0, 0.1) is 5.82 Å². The molecule has 2 aromatic rings. The quantitative estimate of drug-likeness (QED) is 0.766. The number of hydrogen-bond acceptors (Lipinski definition) is 4. The maximum absolute atomic E-state index is 13.6. The number of carbonyl (C=O) groups excluding carboxylic acids is 3. The number of ketones is 1. The number of hydrogen-bond donors (Lipinski definition) is 1. The molecule has 1 N–H and O–H groups in total. The molecule has 1 saturated heterocycles. The van der Waals surface area contributed by atoms with Gasteiger partial charge in [-0.1, -0.05) is 36.4 Å². The Morgan fingerprint density at radius 2 is 1.54 bits per heavy atom. The van der Waals surface area contributed by atoms with Crippen molar-refractivity contribution in [1.29, 1.82) is 0 Å². The number of nitrogens with zero attached hydrogens (tertiary/aromatic N) is 2. The molecule has 6 nitrogen and oxygen atoms in total.